The summed E-state index contributed by atoms with van der Waals surface area (Å²) in [6.07, 6.45) is 12.4. The van der Waals surface area contributed by atoms with Gasteiger partial charge in [0.15, 0.2) is 6.71 Å². The Balaban J connectivity index is 0.00000264. The molecule has 3 aromatic carbocycles. The summed E-state index contributed by atoms with van der Waals surface area (Å²) in [6, 6.07) is 26.2. The molecule has 38 heavy (non-hydrogen) atoms. The van der Waals surface area contributed by atoms with E-state index in [2.05, 4.69) is 139 Å². The Labute approximate surface area is 242 Å². The fourth-order valence-electron chi connectivity index (χ4n) is 6.74. The third-order valence-corrected chi connectivity index (χ3v) is 8.33. The van der Waals surface area contributed by atoms with Crippen LogP contribution in [0.5, 0.6) is 0 Å². The number of nitrogens with zero attached hydrogens (tertiary/aromatic N) is 4. The number of hydrogen-bond donors (Lipinski definition) is 0. The average molecular weight is 678 g/mol. The summed E-state index contributed by atoms with van der Waals surface area (Å²) >= 11 is 0. The van der Waals surface area contributed by atoms with Crippen LogP contribution in [-0.4, -0.2) is 28.6 Å². The molecule has 0 aromatic heterocycles. The van der Waals surface area contributed by atoms with Gasteiger partial charge in [-0.15, -0.1) is 11.4 Å². The predicted octanol–water partition coefficient (Wildman–Crippen LogP) is 4.09. The Kier molecular flexibility index (Phi) is 6.68. The average Bonchev–Trinajstić information content (AvgIpc) is 3.66. The van der Waals surface area contributed by atoms with E-state index in [9.17, 15) is 0 Å². The molecule has 1 saturated carbocycles. The first-order valence-electron chi connectivity index (χ1n) is 13.4. The van der Waals surface area contributed by atoms with Gasteiger partial charge in [0.25, 0.3) is 0 Å². The molecule has 0 saturated heterocycles. The molecule has 6 heteroatoms. The van der Waals surface area contributed by atoms with Gasteiger partial charge in [-0.25, -0.2) is 0 Å². The summed E-state index contributed by atoms with van der Waals surface area (Å²) in [5, 5.41) is 0. The van der Waals surface area contributed by atoms with E-state index in [0.717, 1.165) is 22.3 Å². The molecule has 4 nitrogen and oxygen atoms in total. The molecule has 0 spiro atoms. The summed E-state index contributed by atoms with van der Waals surface area (Å²) in [5.74, 6) is 0. The van der Waals surface area contributed by atoms with Gasteiger partial charge in [0.1, 0.15) is 0 Å². The molecule has 8 bridgehead atoms. The van der Waals surface area contributed by atoms with Gasteiger partial charge in [0.05, 0.1) is 0 Å². The van der Waals surface area contributed by atoms with Crippen molar-refractivity contribution in [1.82, 2.24) is 9.80 Å². The van der Waals surface area contributed by atoms with Gasteiger partial charge >= 0.3 is 21.1 Å². The van der Waals surface area contributed by atoms with Crippen LogP contribution >= 0.6 is 0 Å². The van der Waals surface area contributed by atoms with Crippen molar-refractivity contribution in [3.05, 3.63) is 115 Å². The Morgan fingerprint density at radius 1 is 0.737 bits per heavy atom. The van der Waals surface area contributed by atoms with Crippen molar-refractivity contribution >= 4 is 34.5 Å². The van der Waals surface area contributed by atoms with Crippen molar-refractivity contribution in [3.63, 3.8) is 0 Å². The largest absolute Gasteiger partial charge is 4.00 e. The summed E-state index contributed by atoms with van der Waals surface area (Å²) in [5.41, 5.74) is 9.73. The van der Waals surface area contributed by atoms with Crippen LogP contribution in [0.2, 0.25) is 0 Å². The molecular formula is C32H31BN4Pt. The summed E-state index contributed by atoms with van der Waals surface area (Å²) in [7, 11) is 0. The minimum absolute atomic E-state index is 0. The van der Waals surface area contributed by atoms with Crippen molar-refractivity contribution in [2.75, 3.05) is 9.80 Å². The molecule has 2 unspecified atom stereocenters. The van der Waals surface area contributed by atoms with Gasteiger partial charge in [-0.3, -0.25) is 0 Å². The maximum absolute atomic E-state index is 3.81. The van der Waals surface area contributed by atoms with Crippen LogP contribution in [0, 0.1) is 46.2 Å². The van der Waals surface area contributed by atoms with Gasteiger partial charge < -0.3 is 19.6 Å². The van der Waals surface area contributed by atoms with E-state index >= 15 is 0 Å². The Bertz CT molecular complexity index is 1320. The predicted molar refractivity (Wildman–Crippen MR) is 153 cm³/mol. The van der Waals surface area contributed by atoms with Gasteiger partial charge in [-0.2, -0.15) is 72.8 Å². The van der Waals surface area contributed by atoms with E-state index in [1.54, 1.807) is 0 Å². The smallest absolute Gasteiger partial charge is 0.504 e. The first kappa shape index (κ1) is 25.4. The van der Waals surface area contributed by atoms with Crippen LogP contribution in [0.25, 0.3) is 0 Å². The molecule has 1 fully saturated rings. The number of hydrogen-bond acceptors (Lipinski definition) is 4. The van der Waals surface area contributed by atoms with Crippen molar-refractivity contribution < 1.29 is 21.1 Å². The van der Waals surface area contributed by atoms with Crippen molar-refractivity contribution in [2.24, 2.45) is 0 Å². The number of benzene rings is 3. The zero-order valence-corrected chi connectivity index (χ0v) is 24.3. The number of aryl methyl sites for hydroxylation is 3. The van der Waals surface area contributed by atoms with Gasteiger partial charge in [0.2, 0.25) is 0 Å². The van der Waals surface area contributed by atoms with Gasteiger partial charge in [-0.1, -0.05) is 34.3 Å². The second-order valence-electron chi connectivity index (χ2n) is 10.8. The zero-order valence-electron chi connectivity index (χ0n) is 22.0. The first-order valence-corrected chi connectivity index (χ1v) is 13.4. The molecule has 7 rings (SSSR count). The van der Waals surface area contributed by atoms with Crippen LogP contribution in [0.4, 0.5) is 11.4 Å². The monoisotopic (exact) mass is 677 g/mol. The Morgan fingerprint density at radius 3 is 1.74 bits per heavy atom. The topological polar surface area (TPSA) is 13.0 Å². The molecule has 3 aromatic rings. The van der Waals surface area contributed by atoms with E-state index in [0.29, 0.717) is 12.1 Å². The maximum atomic E-state index is 3.81. The standard InChI is InChI=1S/C32H31BN4.Pt/c1-23-17-24(2)32(25(3)18-23)33-26-7-4-9-28(19-26)34-13-15-36(21-34)30-11-6-12-31(30)37-16-14-35(22-37)29-10-5-8-27(33)20-29;/h4-5,7-10,13-18,21-22,30-31H,6,11-12H2,1-3H3;/q-4;+4. The van der Waals surface area contributed by atoms with E-state index in [-0.39, 0.29) is 27.8 Å². The quantitative estimate of drug-likeness (QED) is 0.285. The minimum atomic E-state index is 0. The van der Waals surface area contributed by atoms with Crippen molar-refractivity contribution in [2.45, 2.75) is 52.1 Å². The number of rotatable bonds is 1. The molecule has 0 radical (unpaired) electrons. The van der Waals surface area contributed by atoms with Crippen LogP contribution in [0.15, 0.2) is 73.3 Å². The molecular weight excluding hydrogens is 646 g/mol. The SMILES string of the molecule is Cc1cc(C)c(B2c3[c-]c(ccc3)N3C=CN([CH-]3)C3CCCC3N3C=CN([CH-]3)c3[c-]c2ccc3)c(C)c1.[Pt+4]. The Hall–Kier alpha value is -2.91. The van der Waals surface area contributed by atoms with E-state index in [1.165, 1.54) is 41.4 Å². The summed E-state index contributed by atoms with van der Waals surface area (Å²) < 4.78 is 0. The minimum Gasteiger partial charge on any atom is -0.504 e. The van der Waals surface area contributed by atoms with Crippen LogP contribution in [-0.2, 0) is 21.1 Å². The fraction of sp³-hybridized carbons (Fsp3) is 0.250. The molecule has 2 atom stereocenters. The van der Waals surface area contributed by atoms with E-state index < -0.39 is 0 Å². The van der Waals surface area contributed by atoms with Crippen molar-refractivity contribution in [3.8, 4) is 0 Å². The second-order valence-corrected chi connectivity index (χ2v) is 10.8. The molecule has 192 valence electrons. The number of anilines is 2. The third kappa shape index (κ3) is 4.29. The third-order valence-electron chi connectivity index (χ3n) is 8.33. The van der Waals surface area contributed by atoms with Crippen LogP contribution < -0.4 is 26.2 Å². The first-order chi connectivity index (χ1) is 18.0. The normalized spacial score (nSPS) is 21.4. The fourth-order valence-corrected chi connectivity index (χ4v) is 6.74. The summed E-state index contributed by atoms with van der Waals surface area (Å²) in [4.78, 5) is 9.25. The van der Waals surface area contributed by atoms with Crippen molar-refractivity contribution in [1.29, 1.82) is 0 Å². The zero-order chi connectivity index (χ0) is 25.1. The van der Waals surface area contributed by atoms with Crippen LogP contribution in [0.1, 0.15) is 36.0 Å². The molecule has 0 N–H and O–H groups in total. The van der Waals surface area contributed by atoms with E-state index in [4.69, 9.17) is 0 Å². The van der Waals surface area contributed by atoms with Gasteiger partial charge in [0, 0.05) is 12.1 Å². The Morgan fingerprint density at radius 2 is 1.24 bits per heavy atom. The maximum Gasteiger partial charge on any atom is 4.00 e. The second kappa shape index (κ2) is 10.0. The van der Waals surface area contributed by atoms with Gasteiger partial charge in [-0.05, 0) is 64.8 Å². The molecule has 1 aliphatic carbocycles. The molecule has 3 aliphatic heterocycles. The summed E-state index contributed by atoms with van der Waals surface area (Å²) in [6.45, 7) is 11.2. The molecule has 0 amide bonds. The van der Waals surface area contributed by atoms with Crippen LogP contribution in [0.3, 0.4) is 0 Å². The molecule has 3 heterocycles. The number of fused-ring (bicyclic) bond motifs is 13. The van der Waals surface area contributed by atoms with E-state index in [1.807, 2.05) is 0 Å². The molecule has 4 aliphatic rings.